The number of rotatable bonds is 9. The monoisotopic (exact) mass is 272 g/mol. The molecule has 0 saturated heterocycles. The molecule has 0 amide bonds. The predicted octanol–water partition coefficient (Wildman–Crippen LogP) is 2.08. The lowest BCUT2D eigenvalue weighted by Crippen LogP contribution is -1.89. The normalized spacial score (nSPS) is 13.8. The van der Waals surface area contributed by atoms with Crippen LogP contribution in [0.1, 0.15) is 13.3 Å². The molecule has 0 heterocycles. The molecule has 0 aromatic heterocycles. The van der Waals surface area contributed by atoms with Crippen LogP contribution in [-0.4, -0.2) is 25.1 Å². The summed E-state index contributed by atoms with van der Waals surface area (Å²) in [5.74, 6) is 0. The van der Waals surface area contributed by atoms with Crippen LogP contribution in [0.5, 0.6) is 0 Å². The predicted molar refractivity (Wildman–Crippen MR) is 77.1 cm³/mol. The Kier molecular flexibility index (Phi) is 9.97. The van der Waals surface area contributed by atoms with Gasteiger partial charge in [-0.1, -0.05) is 30.4 Å². The third-order valence-electron chi connectivity index (χ3n) is 2.34. The Morgan fingerprint density at radius 1 is 0.800 bits per heavy atom. The lowest BCUT2D eigenvalue weighted by atomic mass is 10.0. The highest BCUT2D eigenvalue weighted by molar-refractivity contribution is 5.81. The van der Waals surface area contributed by atoms with Gasteiger partial charge in [0.15, 0.2) is 0 Å². The molecule has 0 fully saturated rings. The Balaban J connectivity index is 4.93. The van der Waals surface area contributed by atoms with Gasteiger partial charge in [0, 0.05) is 5.57 Å². The summed E-state index contributed by atoms with van der Waals surface area (Å²) in [4.78, 5) is 41.9. The molecule has 20 heavy (non-hydrogen) atoms. The number of hydrogen-bond acceptors (Lipinski definition) is 4. The molecule has 0 aromatic carbocycles. The van der Waals surface area contributed by atoms with E-state index in [0.29, 0.717) is 48.3 Å². The van der Waals surface area contributed by atoms with Gasteiger partial charge in [0.1, 0.15) is 25.1 Å². The van der Waals surface area contributed by atoms with Crippen LogP contribution in [0.4, 0.5) is 0 Å². The molecule has 0 rings (SSSR count). The summed E-state index contributed by atoms with van der Waals surface area (Å²) in [6.45, 7) is 1.73. The van der Waals surface area contributed by atoms with Gasteiger partial charge in [0.2, 0.25) is 0 Å². The molecular formula is C16H16O4. The molecule has 0 aliphatic carbocycles. The van der Waals surface area contributed by atoms with E-state index in [2.05, 4.69) is 0 Å². The Hall–Kier alpha value is -2.62. The minimum atomic E-state index is 0.348. The number of carbonyl (C=O) groups is 4. The molecular weight excluding hydrogens is 256 g/mol. The second-order valence-corrected chi connectivity index (χ2v) is 3.73. The minimum absolute atomic E-state index is 0.348. The zero-order valence-corrected chi connectivity index (χ0v) is 11.2. The van der Waals surface area contributed by atoms with Crippen LogP contribution in [0.2, 0.25) is 0 Å². The van der Waals surface area contributed by atoms with Gasteiger partial charge in [-0.2, -0.15) is 0 Å². The fraction of sp³-hybridized carbons (Fsp3) is 0.125. The van der Waals surface area contributed by atoms with E-state index < -0.39 is 0 Å². The van der Waals surface area contributed by atoms with Crippen molar-refractivity contribution in [3.8, 4) is 0 Å². The number of hydrogen-bond donors (Lipinski definition) is 0. The van der Waals surface area contributed by atoms with Crippen LogP contribution in [0.15, 0.2) is 59.3 Å². The topological polar surface area (TPSA) is 68.3 Å². The maximum absolute atomic E-state index is 10.9. The lowest BCUT2D eigenvalue weighted by Gasteiger charge is -1.99. The van der Waals surface area contributed by atoms with Gasteiger partial charge < -0.3 is 0 Å². The van der Waals surface area contributed by atoms with Crippen LogP contribution in [0.25, 0.3) is 0 Å². The van der Waals surface area contributed by atoms with Crippen molar-refractivity contribution in [2.24, 2.45) is 0 Å². The Bertz CT molecular complexity index is 503. The average Bonchev–Trinajstić information content (AvgIpc) is 2.47. The van der Waals surface area contributed by atoms with Crippen molar-refractivity contribution >= 4 is 25.1 Å². The quantitative estimate of drug-likeness (QED) is 0.366. The van der Waals surface area contributed by atoms with E-state index in [1.54, 1.807) is 13.0 Å². The van der Waals surface area contributed by atoms with E-state index in [1.165, 1.54) is 36.5 Å². The summed E-state index contributed by atoms with van der Waals surface area (Å²) >= 11 is 0. The molecule has 0 radical (unpaired) electrons. The van der Waals surface area contributed by atoms with Gasteiger partial charge >= 0.3 is 0 Å². The summed E-state index contributed by atoms with van der Waals surface area (Å²) in [5.41, 5.74) is 1.61. The lowest BCUT2D eigenvalue weighted by molar-refractivity contribution is -0.105. The van der Waals surface area contributed by atoms with Crippen molar-refractivity contribution in [1.82, 2.24) is 0 Å². The van der Waals surface area contributed by atoms with Crippen LogP contribution in [-0.2, 0) is 19.2 Å². The number of carbonyl (C=O) groups excluding carboxylic acids is 4. The second-order valence-electron chi connectivity index (χ2n) is 3.73. The molecule has 104 valence electrons. The van der Waals surface area contributed by atoms with Crippen LogP contribution in [0, 0.1) is 0 Å². The van der Waals surface area contributed by atoms with E-state index in [4.69, 9.17) is 0 Å². The molecule has 0 aromatic rings. The standard InChI is InChI=1S/C16H16O4/c1-14(16(13-20)7-3-5-11-18)8-9-15(12-19)6-2-4-10-17/h2-8,10-13H,9H2,1H3/b4-2-,5-3-,14-8+,15-6-,16-7+. The average molecular weight is 272 g/mol. The highest BCUT2D eigenvalue weighted by Crippen LogP contribution is 2.10. The van der Waals surface area contributed by atoms with Crippen LogP contribution < -0.4 is 0 Å². The van der Waals surface area contributed by atoms with E-state index >= 15 is 0 Å². The molecule has 0 saturated carbocycles. The largest absolute Gasteiger partial charge is 0.299 e. The highest BCUT2D eigenvalue weighted by Gasteiger charge is 1.98. The fourth-order valence-corrected chi connectivity index (χ4v) is 1.24. The van der Waals surface area contributed by atoms with Crippen molar-refractivity contribution in [1.29, 1.82) is 0 Å². The molecule has 4 heteroatoms. The Morgan fingerprint density at radius 3 is 1.90 bits per heavy atom. The van der Waals surface area contributed by atoms with Crippen molar-refractivity contribution in [2.45, 2.75) is 13.3 Å². The second kappa shape index (κ2) is 11.5. The van der Waals surface area contributed by atoms with E-state index in [1.807, 2.05) is 0 Å². The highest BCUT2D eigenvalue weighted by atomic mass is 16.1. The molecule has 0 atom stereocenters. The van der Waals surface area contributed by atoms with Gasteiger partial charge in [-0.15, -0.1) is 0 Å². The maximum Gasteiger partial charge on any atom is 0.150 e. The number of allylic oxidation sites excluding steroid dienone is 10. The smallest absolute Gasteiger partial charge is 0.150 e. The first-order chi connectivity index (χ1) is 9.69. The third kappa shape index (κ3) is 7.66. The molecule has 0 bridgehead atoms. The molecule has 4 nitrogen and oxygen atoms in total. The van der Waals surface area contributed by atoms with Crippen molar-refractivity contribution < 1.29 is 19.2 Å². The zero-order chi connectivity index (χ0) is 15.2. The first-order valence-electron chi connectivity index (χ1n) is 5.90. The molecule has 0 unspecified atom stereocenters. The minimum Gasteiger partial charge on any atom is -0.299 e. The van der Waals surface area contributed by atoms with Crippen molar-refractivity contribution in [3.05, 3.63) is 59.3 Å². The van der Waals surface area contributed by atoms with Crippen molar-refractivity contribution in [2.75, 3.05) is 0 Å². The van der Waals surface area contributed by atoms with Crippen LogP contribution in [0.3, 0.4) is 0 Å². The third-order valence-corrected chi connectivity index (χ3v) is 2.34. The van der Waals surface area contributed by atoms with Gasteiger partial charge in [-0.3, -0.25) is 19.2 Å². The summed E-state index contributed by atoms with van der Waals surface area (Å²) in [5, 5.41) is 0. The number of aldehydes is 4. The summed E-state index contributed by atoms with van der Waals surface area (Å²) in [6.07, 6.45) is 13.2. The SMILES string of the molecule is CC(=C\C/C(C=O)=C/C=C\C=O)/C(C=O)=C/C=C\C=O. The van der Waals surface area contributed by atoms with Gasteiger partial charge in [0.25, 0.3) is 0 Å². The molecule has 0 aliphatic heterocycles. The maximum atomic E-state index is 10.9. The zero-order valence-electron chi connectivity index (χ0n) is 11.2. The molecule has 0 aliphatic rings. The van der Waals surface area contributed by atoms with E-state index in [-0.39, 0.29) is 0 Å². The van der Waals surface area contributed by atoms with Gasteiger partial charge in [-0.05, 0) is 36.6 Å². The summed E-state index contributed by atoms with van der Waals surface area (Å²) in [7, 11) is 0. The Morgan fingerprint density at radius 2 is 1.40 bits per heavy atom. The molecule has 0 spiro atoms. The van der Waals surface area contributed by atoms with Crippen LogP contribution >= 0.6 is 0 Å². The first kappa shape index (κ1) is 17.4. The van der Waals surface area contributed by atoms with Gasteiger partial charge in [0.05, 0.1) is 0 Å². The van der Waals surface area contributed by atoms with Crippen molar-refractivity contribution in [3.63, 3.8) is 0 Å². The Labute approximate surface area is 117 Å². The van der Waals surface area contributed by atoms with E-state index in [0.717, 1.165) is 0 Å². The summed E-state index contributed by atoms with van der Waals surface area (Å²) in [6, 6.07) is 0. The summed E-state index contributed by atoms with van der Waals surface area (Å²) < 4.78 is 0. The van der Waals surface area contributed by atoms with Gasteiger partial charge in [-0.25, -0.2) is 0 Å². The molecule has 0 N–H and O–H groups in total. The fourth-order valence-electron chi connectivity index (χ4n) is 1.24. The van der Waals surface area contributed by atoms with E-state index in [9.17, 15) is 19.2 Å². The first-order valence-corrected chi connectivity index (χ1v) is 5.90.